The van der Waals surface area contributed by atoms with Crippen molar-refractivity contribution in [3.63, 3.8) is 0 Å². The van der Waals surface area contributed by atoms with Gasteiger partial charge in [-0.05, 0) is 31.4 Å². The van der Waals surface area contributed by atoms with Gasteiger partial charge in [-0.25, -0.2) is 19.2 Å². The monoisotopic (exact) mass is 395 g/mol. The molecule has 0 aromatic carbocycles. The van der Waals surface area contributed by atoms with Gasteiger partial charge in [-0.3, -0.25) is 14.8 Å². The normalized spacial score (nSPS) is 11.6. The van der Waals surface area contributed by atoms with Crippen LogP contribution < -0.4 is 0 Å². The standard InChI is InChI=1S/C16H13N9O2S/c1-9-13(25(26)27)10(2)24(19-9)8-22-5-3-12(20-22)14-18-15-11-4-6-28-16(11)17-7-23(15)21-14/h3-7H,8H2,1-2H3. The maximum Gasteiger partial charge on any atom is 0.312 e. The molecule has 0 radical (unpaired) electrons. The van der Waals surface area contributed by atoms with Gasteiger partial charge in [0.2, 0.25) is 5.82 Å². The molecule has 5 rings (SSSR count). The molecule has 0 bridgehead atoms. The number of aryl methyl sites for hydroxylation is 1. The van der Waals surface area contributed by atoms with Gasteiger partial charge in [0, 0.05) is 6.20 Å². The van der Waals surface area contributed by atoms with E-state index in [9.17, 15) is 10.1 Å². The number of thiophene rings is 1. The van der Waals surface area contributed by atoms with Crippen LogP contribution in [-0.4, -0.2) is 44.1 Å². The fourth-order valence-corrected chi connectivity index (χ4v) is 3.89. The fourth-order valence-electron chi connectivity index (χ4n) is 3.16. The van der Waals surface area contributed by atoms with Crippen molar-refractivity contribution in [1.82, 2.24) is 39.1 Å². The second-order valence-electron chi connectivity index (χ2n) is 6.25. The predicted molar refractivity (Wildman–Crippen MR) is 101 cm³/mol. The van der Waals surface area contributed by atoms with Crippen LogP contribution in [0, 0.1) is 24.0 Å². The van der Waals surface area contributed by atoms with Gasteiger partial charge in [0.05, 0.1) is 10.3 Å². The SMILES string of the molecule is Cc1nn(Cn2ccc(-c3nc4c5ccsc5ncn4n3)n2)c(C)c1[N+](=O)[O-]. The first-order valence-electron chi connectivity index (χ1n) is 8.32. The number of nitro groups is 1. The van der Waals surface area contributed by atoms with Crippen LogP contribution in [0.1, 0.15) is 11.4 Å². The average Bonchev–Trinajstić information content (AvgIpc) is 3.40. The smallest absolute Gasteiger partial charge is 0.258 e. The molecule has 0 saturated heterocycles. The summed E-state index contributed by atoms with van der Waals surface area (Å²) in [6, 6.07) is 3.77. The van der Waals surface area contributed by atoms with E-state index in [0.29, 0.717) is 22.9 Å². The van der Waals surface area contributed by atoms with Gasteiger partial charge in [0.15, 0.2) is 5.65 Å². The zero-order valence-electron chi connectivity index (χ0n) is 14.8. The van der Waals surface area contributed by atoms with Crippen molar-refractivity contribution >= 4 is 32.9 Å². The molecule has 0 atom stereocenters. The maximum absolute atomic E-state index is 11.2. The largest absolute Gasteiger partial charge is 0.312 e. The molecule has 5 aromatic rings. The van der Waals surface area contributed by atoms with E-state index in [0.717, 1.165) is 15.9 Å². The van der Waals surface area contributed by atoms with E-state index in [4.69, 9.17) is 0 Å². The third-order valence-corrected chi connectivity index (χ3v) is 5.30. The van der Waals surface area contributed by atoms with Crippen molar-refractivity contribution in [3.05, 3.63) is 51.5 Å². The van der Waals surface area contributed by atoms with Gasteiger partial charge in [-0.1, -0.05) is 0 Å². The highest BCUT2D eigenvalue weighted by Gasteiger charge is 2.22. The zero-order valence-corrected chi connectivity index (χ0v) is 15.7. The number of fused-ring (bicyclic) bond motifs is 3. The quantitative estimate of drug-likeness (QED) is 0.338. The average molecular weight is 395 g/mol. The van der Waals surface area contributed by atoms with Crippen LogP contribution in [0.3, 0.4) is 0 Å². The van der Waals surface area contributed by atoms with Gasteiger partial charge in [-0.2, -0.15) is 10.2 Å². The lowest BCUT2D eigenvalue weighted by Gasteiger charge is -2.03. The highest BCUT2D eigenvalue weighted by molar-refractivity contribution is 7.16. The zero-order chi connectivity index (χ0) is 19.4. The number of rotatable bonds is 4. The minimum Gasteiger partial charge on any atom is -0.258 e. The lowest BCUT2D eigenvalue weighted by atomic mass is 10.3. The molecule has 0 saturated carbocycles. The lowest BCUT2D eigenvalue weighted by Crippen LogP contribution is -2.11. The summed E-state index contributed by atoms with van der Waals surface area (Å²) >= 11 is 1.55. The molecule has 28 heavy (non-hydrogen) atoms. The van der Waals surface area contributed by atoms with E-state index < -0.39 is 4.92 Å². The van der Waals surface area contributed by atoms with Crippen molar-refractivity contribution < 1.29 is 4.92 Å². The number of hydrogen-bond donors (Lipinski definition) is 0. The summed E-state index contributed by atoms with van der Waals surface area (Å²) in [7, 11) is 0. The van der Waals surface area contributed by atoms with Crippen LogP contribution in [0.2, 0.25) is 0 Å². The van der Waals surface area contributed by atoms with Crippen LogP contribution in [0.5, 0.6) is 0 Å². The summed E-state index contributed by atoms with van der Waals surface area (Å²) in [6.07, 6.45) is 3.40. The Morgan fingerprint density at radius 3 is 2.86 bits per heavy atom. The Balaban J connectivity index is 1.49. The van der Waals surface area contributed by atoms with E-state index in [1.54, 1.807) is 57.7 Å². The molecule has 0 amide bonds. The van der Waals surface area contributed by atoms with Crippen LogP contribution in [0.25, 0.3) is 27.4 Å². The molecular weight excluding hydrogens is 382 g/mol. The van der Waals surface area contributed by atoms with E-state index in [1.165, 1.54) is 0 Å². The van der Waals surface area contributed by atoms with Crippen LogP contribution >= 0.6 is 11.3 Å². The first kappa shape index (κ1) is 16.5. The minimum atomic E-state index is -0.414. The highest BCUT2D eigenvalue weighted by atomic mass is 32.1. The summed E-state index contributed by atoms with van der Waals surface area (Å²) in [5, 5.41) is 27.3. The van der Waals surface area contributed by atoms with Crippen molar-refractivity contribution in [2.75, 3.05) is 0 Å². The third-order valence-electron chi connectivity index (χ3n) is 4.48. The van der Waals surface area contributed by atoms with E-state index in [1.807, 2.05) is 11.4 Å². The fraction of sp³-hybridized carbons (Fsp3) is 0.188. The summed E-state index contributed by atoms with van der Waals surface area (Å²) in [5.41, 5.74) is 2.22. The van der Waals surface area contributed by atoms with E-state index in [2.05, 4.69) is 25.3 Å². The minimum absolute atomic E-state index is 0.0293. The Labute approximate surface area is 161 Å². The van der Waals surface area contributed by atoms with Crippen molar-refractivity contribution in [1.29, 1.82) is 0 Å². The molecule has 0 N–H and O–H groups in total. The molecule has 5 heterocycles. The van der Waals surface area contributed by atoms with Gasteiger partial charge >= 0.3 is 5.69 Å². The molecule has 0 aliphatic rings. The number of aromatic nitrogens is 8. The van der Waals surface area contributed by atoms with E-state index >= 15 is 0 Å². The molecule has 0 aliphatic heterocycles. The van der Waals surface area contributed by atoms with E-state index in [-0.39, 0.29) is 12.4 Å². The Morgan fingerprint density at radius 1 is 1.21 bits per heavy atom. The lowest BCUT2D eigenvalue weighted by molar-refractivity contribution is -0.386. The van der Waals surface area contributed by atoms with Gasteiger partial charge in [0.1, 0.15) is 34.9 Å². The topological polar surface area (TPSA) is 122 Å². The first-order chi connectivity index (χ1) is 13.5. The Bertz CT molecular complexity index is 1360. The maximum atomic E-state index is 11.2. The van der Waals surface area contributed by atoms with Gasteiger partial charge in [-0.15, -0.1) is 16.4 Å². The summed E-state index contributed by atoms with van der Waals surface area (Å²) in [4.78, 5) is 20.6. The van der Waals surface area contributed by atoms with Gasteiger partial charge in [0.25, 0.3) is 0 Å². The number of nitrogens with zero attached hydrogens (tertiary/aromatic N) is 9. The second kappa shape index (κ2) is 5.92. The molecule has 11 nitrogen and oxygen atoms in total. The molecular formula is C16H13N9O2S. The van der Waals surface area contributed by atoms with Crippen molar-refractivity contribution in [3.8, 4) is 11.5 Å². The van der Waals surface area contributed by atoms with Crippen LogP contribution in [0.4, 0.5) is 5.69 Å². The molecule has 0 unspecified atom stereocenters. The van der Waals surface area contributed by atoms with Crippen molar-refractivity contribution in [2.24, 2.45) is 0 Å². The predicted octanol–water partition coefficient (Wildman–Crippen LogP) is 2.43. The summed E-state index contributed by atoms with van der Waals surface area (Å²) < 4.78 is 4.83. The molecule has 0 fully saturated rings. The van der Waals surface area contributed by atoms with Crippen LogP contribution in [-0.2, 0) is 6.67 Å². The Morgan fingerprint density at radius 2 is 2.07 bits per heavy atom. The highest BCUT2D eigenvalue weighted by Crippen LogP contribution is 2.24. The van der Waals surface area contributed by atoms with Gasteiger partial charge < -0.3 is 0 Å². The Kier molecular flexibility index (Phi) is 3.49. The van der Waals surface area contributed by atoms with Crippen LogP contribution in [0.15, 0.2) is 30.0 Å². The molecule has 5 aromatic heterocycles. The molecule has 0 spiro atoms. The summed E-state index contributed by atoms with van der Waals surface area (Å²) in [6.45, 7) is 3.55. The molecule has 12 heteroatoms. The Hall–Kier alpha value is -3.67. The van der Waals surface area contributed by atoms with Crippen molar-refractivity contribution in [2.45, 2.75) is 20.5 Å². The first-order valence-corrected chi connectivity index (χ1v) is 9.20. The number of hydrogen-bond acceptors (Lipinski definition) is 8. The second-order valence-corrected chi connectivity index (χ2v) is 7.14. The molecule has 140 valence electrons. The molecule has 0 aliphatic carbocycles. The summed E-state index contributed by atoms with van der Waals surface area (Å²) in [5.74, 6) is 0.485. The third kappa shape index (κ3) is 2.45.